The van der Waals surface area contributed by atoms with Crippen molar-refractivity contribution in [3.63, 3.8) is 0 Å². The van der Waals surface area contributed by atoms with Crippen LogP contribution in [0.3, 0.4) is 0 Å². The van der Waals surface area contributed by atoms with Crippen LogP contribution in [0.15, 0.2) is 54.6 Å². The summed E-state index contributed by atoms with van der Waals surface area (Å²) in [4.78, 5) is 23.1. The molecule has 0 N–H and O–H groups in total. The van der Waals surface area contributed by atoms with E-state index >= 15 is 0 Å². The second-order valence-electron chi connectivity index (χ2n) is 4.59. The summed E-state index contributed by atoms with van der Waals surface area (Å²) >= 11 is 0. The minimum absolute atomic E-state index is 0.0190. The van der Waals surface area contributed by atoms with Crippen molar-refractivity contribution in [3.8, 4) is 0 Å². The van der Waals surface area contributed by atoms with E-state index < -0.39 is 0 Å². The molecule has 2 rings (SSSR count). The number of carbonyl (C=O) groups is 2. The van der Waals surface area contributed by atoms with Gasteiger partial charge in [0.2, 0.25) is 0 Å². The maximum absolute atomic E-state index is 11.9. The number of carbonyl (C=O) groups excluding carboxylic acids is 2. The van der Waals surface area contributed by atoms with Crippen LogP contribution in [0.1, 0.15) is 46.2 Å². The highest BCUT2D eigenvalue weighted by molar-refractivity contribution is 5.94. The van der Waals surface area contributed by atoms with Crippen LogP contribution >= 0.6 is 0 Å². The zero-order chi connectivity index (χ0) is 14.5. The fourth-order valence-corrected chi connectivity index (χ4v) is 1.86. The summed E-state index contributed by atoms with van der Waals surface area (Å²) in [6, 6.07) is 16.0. The maximum Gasteiger partial charge on any atom is 0.338 e. The van der Waals surface area contributed by atoms with Crippen molar-refractivity contribution in [1.29, 1.82) is 0 Å². The second kappa shape index (κ2) is 6.15. The van der Waals surface area contributed by atoms with Crippen molar-refractivity contribution >= 4 is 11.8 Å². The summed E-state index contributed by atoms with van der Waals surface area (Å²) < 4.78 is 5.40. The molecule has 2 aromatic carbocycles. The highest BCUT2D eigenvalue weighted by Gasteiger charge is 2.13. The lowest BCUT2D eigenvalue weighted by atomic mass is 10.1. The van der Waals surface area contributed by atoms with E-state index in [1.165, 1.54) is 6.92 Å². The van der Waals surface area contributed by atoms with Crippen LogP contribution in [0.25, 0.3) is 0 Å². The molecule has 0 amide bonds. The number of rotatable bonds is 4. The quantitative estimate of drug-likeness (QED) is 0.625. The first-order chi connectivity index (χ1) is 9.58. The summed E-state index contributed by atoms with van der Waals surface area (Å²) in [6.45, 7) is 3.33. The molecule has 0 radical (unpaired) electrons. The van der Waals surface area contributed by atoms with Crippen LogP contribution in [0.4, 0.5) is 0 Å². The van der Waals surface area contributed by atoms with E-state index in [1.54, 1.807) is 48.5 Å². The highest BCUT2D eigenvalue weighted by Crippen LogP contribution is 2.19. The van der Waals surface area contributed by atoms with Crippen LogP contribution in [0.2, 0.25) is 0 Å². The lowest BCUT2D eigenvalue weighted by Gasteiger charge is -2.14. The van der Waals surface area contributed by atoms with Gasteiger partial charge in [-0.15, -0.1) is 0 Å². The molecule has 0 fully saturated rings. The Balaban J connectivity index is 2.06. The minimum atomic E-state index is -0.358. The molecule has 3 heteroatoms. The fourth-order valence-electron chi connectivity index (χ4n) is 1.86. The van der Waals surface area contributed by atoms with E-state index in [-0.39, 0.29) is 17.9 Å². The Labute approximate surface area is 118 Å². The summed E-state index contributed by atoms with van der Waals surface area (Å²) in [7, 11) is 0. The van der Waals surface area contributed by atoms with Crippen molar-refractivity contribution in [2.75, 3.05) is 0 Å². The summed E-state index contributed by atoms with van der Waals surface area (Å²) in [5.41, 5.74) is 2.04. The Bertz CT molecular complexity index is 600. The van der Waals surface area contributed by atoms with Gasteiger partial charge >= 0.3 is 5.97 Å². The van der Waals surface area contributed by atoms with Gasteiger partial charge in [0, 0.05) is 5.56 Å². The van der Waals surface area contributed by atoms with E-state index in [4.69, 9.17) is 4.74 Å². The molecule has 1 atom stereocenters. The molecule has 3 nitrogen and oxygen atoms in total. The molecule has 0 saturated heterocycles. The number of hydrogen-bond acceptors (Lipinski definition) is 3. The van der Waals surface area contributed by atoms with E-state index in [0.29, 0.717) is 11.1 Å². The molecular weight excluding hydrogens is 252 g/mol. The van der Waals surface area contributed by atoms with E-state index in [1.807, 2.05) is 13.0 Å². The SMILES string of the molecule is CC(=O)c1ccc(C(C)OC(=O)c2ccccc2)cc1. The Kier molecular flexibility index (Phi) is 4.31. The van der Waals surface area contributed by atoms with Gasteiger partial charge in [0.25, 0.3) is 0 Å². The predicted octanol–water partition coefficient (Wildman–Crippen LogP) is 3.81. The highest BCUT2D eigenvalue weighted by atomic mass is 16.5. The van der Waals surface area contributed by atoms with Crippen LogP contribution in [-0.2, 0) is 4.74 Å². The Hall–Kier alpha value is -2.42. The Morgan fingerprint density at radius 2 is 1.50 bits per heavy atom. The van der Waals surface area contributed by atoms with Gasteiger partial charge in [-0.2, -0.15) is 0 Å². The third-order valence-corrected chi connectivity index (χ3v) is 3.08. The largest absolute Gasteiger partial charge is 0.454 e. The Morgan fingerprint density at radius 1 is 0.900 bits per heavy atom. The van der Waals surface area contributed by atoms with Gasteiger partial charge in [-0.25, -0.2) is 4.79 Å². The van der Waals surface area contributed by atoms with Gasteiger partial charge in [0.1, 0.15) is 6.10 Å². The molecule has 0 spiro atoms. The number of Topliss-reactive ketones (excluding diaryl/α,β-unsaturated/α-hetero) is 1. The summed E-state index contributed by atoms with van der Waals surface area (Å²) in [6.07, 6.45) is -0.358. The molecule has 0 aliphatic rings. The van der Waals surface area contributed by atoms with Crippen LogP contribution in [0.5, 0.6) is 0 Å². The summed E-state index contributed by atoms with van der Waals surface area (Å²) in [5, 5.41) is 0. The topological polar surface area (TPSA) is 43.4 Å². The summed E-state index contributed by atoms with van der Waals surface area (Å²) in [5.74, 6) is -0.334. The average molecular weight is 268 g/mol. The van der Waals surface area contributed by atoms with Crippen LogP contribution in [-0.4, -0.2) is 11.8 Å². The molecule has 2 aromatic rings. The smallest absolute Gasteiger partial charge is 0.338 e. The number of esters is 1. The molecule has 1 unspecified atom stereocenters. The first-order valence-electron chi connectivity index (χ1n) is 6.45. The number of ketones is 1. The molecule has 0 aliphatic carbocycles. The van der Waals surface area contributed by atoms with Gasteiger partial charge in [0.15, 0.2) is 5.78 Å². The van der Waals surface area contributed by atoms with E-state index in [2.05, 4.69) is 0 Å². The molecule has 0 aromatic heterocycles. The lowest BCUT2D eigenvalue weighted by molar-refractivity contribution is 0.0337. The van der Waals surface area contributed by atoms with Gasteiger partial charge in [-0.05, 0) is 31.5 Å². The molecular formula is C17H16O3. The first-order valence-corrected chi connectivity index (χ1v) is 6.45. The average Bonchev–Trinajstić information content (AvgIpc) is 2.48. The lowest BCUT2D eigenvalue weighted by Crippen LogP contribution is -2.09. The molecule has 102 valence electrons. The Morgan fingerprint density at radius 3 is 2.05 bits per heavy atom. The second-order valence-corrected chi connectivity index (χ2v) is 4.59. The van der Waals surface area contributed by atoms with Crippen LogP contribution in [0, 0.1) is 0 Å². The van der Waals surface area contributed by atoms with Gasteiger partial charge in [-0.1, -0.05) is 42.5 Å². The molecule has 20 heavy (non-hydrogen) atoms. The number of benzene rings is 2. The first kappa shape index (κ1) is 14.0. The third kappa shape index (κ3) is 3.32. The van der Waals surface area contributed by atoms with Crippen molar-refractivity contribution < 1.29 is 14.3 Å². The van der Waals surface area contributed by atoms with E-state index in [0.717, 1.165) is 5.56 Å². The minimum Gasteiger partial charge on any atom is -0.454 e. The monoisotopic (exact) mass is 268 g/mol. The van der Waals surface area contributed by atoms with Crippen molar-refractivity contribution in [1.82, 2.24) is 0 Å². The van der Waals surface area contributed by atoms with Crippen molar-refractivity contribution in [2.45, 2.75) is 20.0 Å². The number of ether oxygens (including phenoxy) is 1. The predicted molar refractivity (Wildman–Crippen MR) is 76.7 cm³/mol. The maximum atomic E-state index is 11.9. The van der Waals surface area contributed by atoms with Crippen molar-refractivity contribution in [3.05, 3.63) is 71.3 Å². The van der Waals surface area contributed by atoms with Crippen LogP contribution < -0.4 is 0 Å². The van der Waals surface area contributed by atoms with Gasteiger partial charge in [0.05, 0.1) is 5.56 Å². The van der Waals surface area contributed by atoms with E-state index in [9.17, 15) is 9.59 Å². The standard InChI is InChI=1S/C17H16O3/c1-12(18)14-8-10-15(11-9-14)13(2)20-17(19)16-6-4-3-5-7-16/h3-11,13H,1-2H3. The third-order valence-electron chi connectivity index (χ3n) is 3.08. The van der Waals surface area contributed by atoms with Gasteiger partial charge in [-0.3, -0.25) is 4.79 Å². The van der Waals surface area contributed by atoms with Gasteiger partial charge < -0.3 is 4.74 Å². The zero-order valence-electron chi connectivity index (χ0n) is 11.5. The fraction of sp³-hybridized carbons (Fsp3) is 0.176. The van der Waals surface area contributed by atoms with Crippen molar-refractivity contribution in [2.24, 2.45) is 0 Å². The molecule has 0 aliphatic heterocycles. The molecule has 0 saturated carbocycles. The zero-order valence-corrected chi connectivity index (χ0v) is 11.5. The molecule has 0 bridgehead atoms. The molecule has 0 heterocycles. The number of hydrogen-bond donors (Lipinski definition) is 0. The normalized spacial score (nSPS) is 11.7.